The van der Waals surface area contributed by atoms with Gasteiger partial charge in [-0.2, -0.15) is 12.6 Å². The quantitative estimate of drug-likeness (QED) is 0.0957. The standard InChI is InChI=1S/C34H48N8O4S/c1-36-30(19-25-21-39-29-10-5-3-8-27(25)29)34(46)42(15-6-13-35)23-32(44)40-22-33(45)41(17-12-31(43)37-14-18-47)16-11-24-20-38-28-9-4-2-7-26(24)28/h2-3,5,7-8,10,20-21,30,36,38-39,47H,4,6,9,11-19,22-23,35H2,1H3,(H,37,43)(H,40,44). The number of nitrogens with zero attached hydrogens (tertiary/aromatic N) is 2. The largest absolute Gasteiger partial charge is 0.364 e. The Labute approximate surface area is 281 Å². The van der Waals surface area contributed by atoms with Crippen LogP contribution in [0.4, 0.5) is 0 Å². The first-order valence-corrected chi connectivity index (χ1v) is 17.0. The first-order valence-electron chi connectivity index (χ1n) is 16.3. The van der Waals surface area contributed by atoms with E-state index in [-0.39, 0.29) is 43.8 Å². The number of amides is 4. The number of aromatic amines is 2. The van der Waals surface area contributed by atoms with Crippen molar-refractivity contribution in [1.29, 1.82) is 0 Å². The number of rotatable bonds is 19. The molecule has 1 aliphatic carbocycles. The summed E-state index contributed by atoms with van der Waals surface area (Å²) in [5, 5.41) is 9.64. The highest BCUT2D eigenvalue weighted by atomic mass is 32.1. The topological polar surface area (TPSA) is 168 Å². The molecule has 0 bridgehead atoms. The minimum absolute atomic E-state index is 0.141. The molecular formula is C34H48N8O4S. The van der Waals surface area contributed by atoms with Gasteiger partial charge in [0, 0.05) is 67.3 Å². The van der Waals surface area contributed by atoms with Crippen molar-refractivity contribution in [1.82, 2.24) is 35.7 Å². The van der Waals surface area contributed by atoms with Crippen LogP contribution in [0.3, 0.4) is 0 Å². The van der Waals surface area contributed by atoms with E-state index < -0.39 is 11.9 Å². The molecule has 2 heterocycles. The Bertz CT molecular complexity index is 1530. The predicted molar refractivity (Wildman–Crippen MR) is 188 cm³/mol. The van der Waals surface area contributed by atoms with Gasteiger partial charge in [0.05, 0.1) is 19.1 Å². The number of carbonyl (C=O) groups excluding carboxylic acids is 4. The van der Waals surface area contributed by atoms with Gasteiger partial charge >= 0.3 is 0 Å². The molecule has 1 aromatic carbocycles. The van der Waals surface area contributed by atoms with E-state index in [9.17, 15) is 19.2 Å². The second-order valence-electron chi connectivity index (χ2n) is 11.7. The lowest BCUT2D eigenvalue weighted by Crippen LogP contribution is -2.51. The summed E-state index contributed by atoms with van der Waals surface area (Å²) < 4.78 is 0. The fraction of sp³-hybridized carbons (Fsp3) is 0.471. The lowest BCUT2D eigenvalue weighted by atomic mass is 10.0. The number of fused-ring (bicyclic) bond motifs is 2. The minimum atomic E-state index is -0.556. The molecule has 1 atom stereocenters. The number of likely N-dealkylation sites (N-methyl/N-ethyl adjacent to an activating group) is 1. The van der Waals surface area contributed by atoms with Crippen LogP contribution in [-0.4, -0.2) is 108 Å². The summed E-state index contributed by atoms with van der Waals surface area (Å²) >= 11 is 4.13. The van der Waals surface area contributed by atoms with Crippen LogP contribution in [0.2, 0.25) is 0 Å². The van der Waals surface area contributed by atoms with Gasteiger partial charge in [-0.25, -0.2) is 0 Å². The summed E-state index contributed by atoms with van der Waals surface area (Å²) in [6.07, 6.45) is 11.8. The number of carbonyl (C=O) groups is 4. The SMILES string of the molecule is CNC(Cc1c[nH]c2ccccc12)C(=O)N(CCCN)CC(=O)NCC(=O)N(CCC(=O)NCCS)CCc1c[nH]c2c1C=CCC2. The number of para-hydroxylation sites is 1. The van der Waals surface area contributed by atoms with Gasteiger partial charge in [0.1, 0.15) is 0 Å². The number of aromatic nitrogens is 2. The lowest BCUT2D eigenvalue weighted by Gasteiger charge is -2.27. The zero-order chi connectivity index (χ0) is 33.6. The number of nitrogens with two attached hydrogens (primary N) is 1. The Kier molecular flexibility index (Phi) is 13.9. The first-order chi connectivity index (χ1) is 22.8. The molecule has 4 amide bonds. The van der Waals surface area contributed by atoms with Crippen molar-refractivity contribution in [3.8, 4) is 0 Å². The lowest BCUT2D eigenvalue weighted by molar-refractivity contribution is -0.138. The van der Waals surface area contributed by atoms with Gasteiger partial charge in [-0.05, 0) is 68.5 Å². The third-order valence-corrected chi connectivity index (χ3v) is 8.67. The summed E-state index contributed by atoms with van der Waals surface area (Å²) in [5.74, 6) is -0.598. The Morgan fingerprint density at radius 1 is 1.00 bits per heavy atom. The Hall–Kier alpha value is -4.07. The van der Waals surface area contributed by atoms with E-state index >= 15 is 0 Å². The molecule has 0 radical (unpaired) electrons. The van der Waals surface area contributed by atoms with Crippen LogP contribution in [0.1, 0.15) is 41.6 Å². The summed E-state index contributed by atoms with van der Waals surface area (Å²) in [6, 6.07) is 7.35. The average Bonchev–Trinajstić information content (AvgIpc) is 3.70. The van der Waals surface area contributed by atoms with Crippen molar-refractivity contribution in [2.24, 2.45) is 5.73 Å². The summed E-state index contributed by atoms with van der Waals surface area (Å²) in [6.45, 7) is 1.29. The van der Waals surface area contributed by atoms with Gasteiger partial charge < -0.3 is 41.5 Å². The number of aryl methyl sites for hydroxylation is 1. The van der Waals surface area contributed by atoms with Crippen LogP contribution in [-0.2, 0) is 38.4 Å². The van der Waals surface area contributed by atoms with E-state index in [1.807, 2.05) is 36.7 Å². The molecule has 0 saturated heterocycles. The number of hydrogen-bond acceptors (Lipinski definition) is 7. The normalized spacial score (nSPS) is 12.8. The third-order valence-electron chi connectivity index (χ3n) is 8.44. The Morgan fingerprint density at radius 3 is 2.60 bits per heavy atom. The molecule has 1 unspecified atom stereocenters. The van der Waals surface area contributed by atoms with Crippen molar-refractivity contribution in [2.75, 3.05) is 58.6 Å². The highest BCUT2D eigenvalue weighted by Gasteiger charge is 2.26. The van der Waals surface area contributed by atoms with Gasteiger partial charge in [-0.15, -0.1) is 0 Å². The van der Waals surface area contributed by atoms with Crippen molar-refractivity contribution in [2.45, 2.75) is 44.6 Å². The van der Waals surface area contributed by atoms with Crippen molar-refractivity contribution >= 4 is 53.2 Å². The zero-order valence-corrected chi connectivity index (χ0v) is 28.0. The van der Waals surface area contributed by atoms with E-state index in [4.69, 9.17) is 5.73 Å². The van der Waals surface area contributed by atoms with Crippen LogP contribution in [0.15, 0.2) is 42.7 Å². The van der Waals surface area contributed by atoms with E-state index in [0.29, 0.717) is 51.2 Å². The number of H-pyrrole nitrogens is 2. The number of hydrogen-bond donors (Lipinski definition) is 7. The van der Waals surface area contributed by atoms with E-state index in [2.05, 4.69) is 50.7 Å². The fourth-order valence-corrected chi connectivity index (χ4v) is 5.94. The highest BCUT2D eigenvalue weighted by molar-refractivity contribution is 7.80. The van der Waals surface area contributed by atoms with E-state index in [1.165, 1.54) is 10.6 Å². The molecule has 2 aromatic heterocycles. The van der Waals surface area contributed by atoms with Crippen LogP contribution in [0.5, 0.6) is 0 Å². The second kappa shape index (κ2) is 18.3. The van der Waals surface area contributed by atoms with Crippen molar-refractivity contribution < 1.29 is 19.2 Å². The molecule has 12 nitrogen and oxygen atoms in total. The molecule has 4 rings (SSSR count). The maximum absolute atomic E-state index is 13.7. The van der Waals surface area contributed by atoms with Gasteiger partial charge in [-0.1, -0.05) is 30.4 Å². The van der Waals surface area contributed by atoms with Gasteiger partial charge in [0.2, 0.25) is 23.6 Å². The zero-order valence-electron chi connectivity index (χ0n) is 27.1. The number of allylic oxidation sites excluding steroid dienone is 1. The molecule has 7 N–H and O–H groups in total. The van der Waals surface area contributed by atoms with E-state index in [0.717, 1.165) is 40.4 Å². The number of benzene rings is 1. The predicted octanol–water partition coefficient (Wildman–Crippen LogP) is 1.39. The molecule has 1 aliphatic rings. The minimum Gasteiger partial charge on any atom is -0.364 e. The maximum Gasteiger partial charge on any atom is 0.241 e. The monoisotopic (exact) mass is 664 g/mol. The smallest absolute Gasteiger partial charge is 0.241 e. The number of thiol groups is 1. The van der Waals surface area contributed by atoms with Gasteiger partial charge in [-0.3, -0.25) is 19.2 Å². The average molecular weight is 665 g/mol. The molecule has 0 spiro atoms. The molecule has 0 saturated carbocycles. The maximum atomic E-state index is 13.7. The molecule has 0 fully saturated rings. The van der Waals surface area contributed by atoms with Crippen LogP contribution < -0.4 is 21.7 Å². The van der Waals surface area contributed by atoms with Crippen LogP contribution in [0, 0.1) is 0 Å². The van der Waals surface area contributed by atoms with Gasteiger partial charge in [0.15, 0.2) is 0 Å². The number of nitrogens with one attached hydrogen (secondary N) is 5. The molecule has 3 aromatic rings. The van der Waals surface area contributed by atoms with Crippen molar-refractivity contribution in [3.05, 3.63) is 65.1 Å². The molecule has 47 heavy (non-hydrogen) atoms. The Balaban J connectivity index is 1.36. The fourth-order valence-electron chi connectivity index (χ4n) is 5.83. The third kappa shape index (κ3) is 10.2. The van der Waals surface area contributed by atoms with Crippen molar-refractivity contribution in [3.63, 3.8) is 0 Å². The summed E-state index contributed by atoms with van der Waals surface area (Å²) in [7, 11) is 1.73. The molecule has 0 aliphatic heterocycles. The first kappa shape index (κ1) is 35.8. The highest BCUT2D eigenvalue weighted by Crippen LogP contribution is 2.23. The molecular weight excluding hydrogens is 616 g/mol. The Morgan fingerprint density at radius 2 is 1.81 bits per heavy atom. The second-order valence-corrected chi connectivity index (χ2v) is 12.1. The van der Waals surface area contributed by atoms with Crippen LogP contribution in [0.25, 0.3) is 17.0 Å². The van der Waals surface area contributed by atoms with E-state index in [1.54, 1.807) is 11.9 Å². The summed E-state index contributed by atoms with van der Waals surface area (Å²) in [5.41, 5.74) is 11.2. The van der Waals surface area contributed by atoms with Crippen LogP contribution >= 0.6 is 12.6 Å². The van der Waals surface area contributed by atoms with Gasteiger partial charge in [0.25, 0.3) is 0 Å². The molecule has 13 heteroatoms. The molecule has 254 valence electrons. The summed E-state index contributed by atoms with van der Waals surface area (Å²) in [4.78, 5) is 62.2.